The standard InChI is InChI=1S/C18H20N6O2S/c1-12-20-23-18(27-12)13-3-4-15-14(9-13)10-16(22-21-15)19-17(25)11-24-5-2-7-26-8-6-24/h3-4,9-10H,2,5-8,11H2,1H3,(H,19,22,25). The summed E-state index contributed by atoms with van der Waals surface area (Å²) >= 11 is 1.54. The molecule has 0 spiro atoms. The van der Waals surface area contributed by atoms with E-state index >= 15 is 0 Å². The van der Waals surface area contributed by atoms with Crippen molar-refractivity contribution in [2.24, 2.45) is 0 Å². The second-order valence-electron chi connectivity index (χ2n) is 6.42. The van der Waals surface area contributed by atoms with Crippen LogP contribution in [0, 0.1) is 6.92 Å². The molecule has 1 aliphatic rings. The molecule has 8 nitrogen and oxygen atoms in total. The number of nitrogens with zero attached hydrogens (tertiary/aromatic N) is 5. The highest BCUT2D eigenvalue weighted by atomic mass is 32.1. The highest BCUT2D eigenvalue weighted by molar-refractivity contribution is 7.14. The van der Waals surface area contributed by atoms with Crippen LogP contribution in [0.3, 0.4) is 0 Å². The van der Waals surface area contributed by atoms with Crippen molar-refractivity contribution in [3.63, 3.8) is 0 Å². The first-order valence-electron chi connectivity index (χ1n) is 8.85. The zero-order chi connectivity index (χ0) is 18.6. The maximum atomic E-state index is 12.3. The van der Waals surface area contributed by atoms with Gasteiger partial charge < -0.3 is 10.1 Å². The number of rotatable bonds is 4. The van der Waals surface area contributed by atoms with Crippen molar-refractivity contribution in [3.05, 3.63) is 29.3 Å². The average Bonchev–Trinajstić information content (AvgIpc) is 2.93. The first-order chi connectivity index (χ1) is 13.2. The lowest BCUT2D eigenvalue weighted by Gasteiger charge is -2.18. The number of hydrogen-bond acceptors (Lipinski definition) is 8. The summed E-state index contributed by atoms with van der Waals surface area (Å²) in [4.78, 5) is 14.4. The van der Waals surface area contributed by atoms with Crippen LogP contribution in [0.2, 0.25) is 0 Å². The molecule has 1 saturated heterocycles. The van der Waals surface area contributed by atoms with Gasteiger partial charge in [0.15, 0.2) is 5.82 Å². The Labute approximate surface area is 160 Å². The van der Waals surface area contributed by atoms with Crippen LogP contribution in [0.15, 0.2) is 24.3 Å². The van der Waals surface area contributed by atoms with Crippen molar-refractivity contribution in [2.45, 2.75) is 13.3 Å². The zero-order valence-electron chi connectivity index (χ0n) is 15.0. The van der Waals surface area contributed by atoms with E-state index in [9.17, 15) is 4.79 Å². The molecule has 0 radical (unpaired) electrons. The topological polar surface area (TPSA) is 93.1 Å². The van der Waals surface area contributed by atoms with E-state index in [0.29, 0.717) is 19.0 Å². The van der Waals surface area contributed by atoms with Gasteiger partial charge in [0.25, 0.3) is 0 Å². The molecule has 0 saturated carbocycles. The summed E-state index contributed by atoms with van der Waals surface area (Å²) in [6.07, 6.45) is 0.941. The van der Waals surface area contributed by atoms with Crippen molar-refractivity contribution in [3.8, 4) is 10.6 Å². The van der Waals surface area contributed by atoms with Gasteiger partial charge in [0, 0.05) is 30.6 Å². The Morgan fingerprint density at radius 3 is 2.96 bits per heavy atom. The lowest BCUT2D eigenvalue weighted by Crippen LogP contribution is -2.35. The number of benzene rings is 1. The molecule has 1 amide bonds. The summed E-state index contributed by atoms with van der Waals surface area (Å²) in [7, 11) is 0. The second kappa shape index (κ2) is 8.03. The third-order valence-electron chi connectivity index (χ3n) is 4.31. The molecule has 4 rings (SSSR count). The fourth-order valence-electron chi connectivity index (χ4n) is 2.99. The molecule has 9 heteroatoms. The van der Waals surface area contributed by atoms with E-state index in [-0.39, 0.29) is 5.91 Å². The van der Waals surface area contributed by atoms with Crippen LogP contribution in [0.25, 0.3) is 21.5 Å². The number of aromatic nitrogens is 4. The number of nitrogens with one attached hydrogen (secondary N) is 1. The minimum absolute atomic E-state index is 0.0959. The van der Waals surface area contributed by atoms with Crippen molar-refractivity contribution >= 4 is 34.0 Å². The van der Waals surface area contributed by atoms with Crippen LogP contribution in [0.1, 0.15) is 11.4 Å². The van der Waals surface area contributed by atoms with Gasteiger partial charge in [-0.05, 0) is 37.6 Å². The van der Waals surface area contributed by atoms with Gasteiger partial charge in [0.2, 0.25) is 5.91 Å². The van der Waals surface area contributed by atoms with Gasteiger partial charge in [0.1, 0.15) is 10.0 Å². The normalized spacial score (nSPS) is 15.6. The largest absolute Gasteiger partial charge is 0.380 e. The van der Waals surface area contributed by atoms with E-state index < -0.39 is 0 Å². The number of fused-ring (bicyclic) bond motifs is 1. The number of anilines is 1. The molecular weight excluding hydrogens is 364 g/mol. The second-order valence-corrected chi connectivity index (χ2v) is 7.60. The predicted molar refractivity (Wildman–Crippen MR) is 104 cm³/mol. The summed E-state index contributed by atoms with van der Waals surface area (Å²) in [5.41, 5.74) is 1.74. The van der Waals surface area contributed by atoms with Gasteiger partial charge in [-0.2, -0.15) is 0 Å². The van der Waals surface area contributed by atoms with Gasteiger partial charge in [0.05, 0.1) is 18.7 Å². The fourth-order valence-corrected chi connectivity index (χ4v) is 3.68. The van der Waals surface area contributed by atoms with Crippen molar-refractivity contribution < 1.29 is 9.53 Å². The minimum Gasteiger partial charge on any atom is -0.380 e. The van der Waals surface area contributed by atoms with Crippen LogP contribution in [0.4, 0.5) is 5.82 Å². The maximum Gasteiger partial charge on any atom is 0.239 e. The Balaban J connectivity index is 1.49. The molecule has 0 unspecified atom stereocenters. The van der Waals surface area contributed by atoms with Crippen LogP contribution in [-0.2, 0) is 9.53 Å². The van der Waals surface area contributed by atoms with Crippen LogP contribution < -0.4 is 5.32 Å². The average molecular weight is 384 g/mol. The Morgan fingerprint density at radius 1 is 1.19 bits per heavy atom. The lowest BCUT2D eigenvalue weighted by atomic mass is 10.1. The Morgan fingerprint density at radius 2 is 2.11 bits per heavy atom. The van der Waals surface area contributed by atoms with Gasteiger partial charge in [-0.1, -0.05) is 11.3 Å². The van der Waals surface area contributed by atoms with Crippen molar-refractivity contribution in [2.75, 3.05) is 38.2 Å². The first kappa shape index (κ1) is 17.9. The summed E-state index contributed by atoms with van der Waals surface area (Å²) < 4.78 is 5.42. The number of aryl methyl sites for hydroxylation is 1. The molecule has 3 heterocycles. The summed E-state index contributed by atoms with van der Waals surface area (Å²) in [5.74, 6) is 0.352. The quantitative estimate of drug-likeness (QED) is 0.736. The molecular formula is C18H20N6O2S. The monoisotopic (exact) mass is 384 g/mol. The van der Waals surface area contributed by atoms with E-state index in [1.165, 1.54) is 0 Å². The van der Waals surface area contributed by atoms with Gasteiger partial charge >= 0.3 is 0 Å². The summed E-state index contributed by atoms with van der Waals surface area (Å²) in [6, 6.07) is 7.68. The Bertz CT molecular complexity index is 952. The molecule has 1 aromatic carbocycles. The van der Waals surface area contributed by atoms with Crippen LogP contribution >= 0.6 is 11.3 Å². The Kier molecular flexibility index (Phi) is 5.33. The van der Waals surface area contributed by atoms with Crippen molar-refractivity contribution in [1.29, 1.82) is 0 Å². The van der Waals surface area contributed by atoms with Crippen molar-refractivity contribution in [1.82, 2.24) is 25.3 Å². The van der Waals surface area contributed by atoms with Gasteiger partial charge in [-0.15, -0.1) is 20.4 Å². The number of ether oxygens (including phenoxy) is 1. The third-order valence-corrected chi connectivity index (χ3v) is 5.20. The summed E-state index contributed by atoms with van der Waals surface area (Å²) in [5, 5.41) is 22.1. The maximum absolute atomic E-state index is 12.3. The highest BCUT2D eigenvalue weighted by Gasteiger charge is 2.14. The molecule has 0 aliphatic carbocycles. The SMILES string of the molecule is Cc1nnc(-c2ccc3nnc(NC(=O)CN4CCCOCC4)cc3c2)s1. The van der Waals surface area contributed by atoms with E-state index in [1.807, 2.05) is 31.2 Å². The van der Waals surface area contributed by atoms with E-state index in [4.69, 9.17) is 4.74 Å². The summed E-state index contributed by atoms with van der Waals surface area (Å²) in [6.45, 7) is 5.30. The molecule has 0 bridgehead atoms. The lowest BCUT2D eigenvalue weighted by molar-refractivity contribution is -0.117. The molecule has 140 valence electrons. The van der Waals surface area contributed by atoms with Crippen LogP contribution in [-0.4, -0.2) is 64.0 Å². The predicted octanol–water partition coefficient (Wildman–Crippen LogP) is 2.12. The third kappa shape index (κ3) is 4.44. The molecule has 1 aliphatic heterocycles. The molecule has 0 atom stereocenters. The van der Waals surface area contributed by atoms with E-state index in [0.717, 1.165) is 52.6 Å². The van der Waals surface area contributed by atoms with E-state index in [1.54, 1.807) is 11.3 Å². The molecule has 2 aromatic heterocycles. The minimum atomic E-state index is -0.0959. The molecule has 1 fully saturated rings. The highest BCUT2D eigenvalue weighted by Crippen LogP contribution is 2.26. The van der Waals surface area contributed by atoms with Crippen LogP contribution in [0.5, 0.6) is 0 Å². The molecule has 27 heavy (non-hydrogen) atoms. The van der Waals surface area contributed by atoms with Gasteiger partial charge in [-0.25, -0.2) is 0 Å². The number of carbonyl (C=O) groups is 1. The molecule has 3 aromatic rings. The van der Waals surface area contributed by atoms with Gasteiger partial charge in [-0.3, -0.25) is 9.69 Å². The number of carbonyl (C=O) groups excluding carboxylic acids is 1. The fraction of sp³-hybridized carbons (Fsp3) is 0.389. The zero-order valence-corrected chi connectivity index (χ0v) is 15.8. The first-order valence-corrected chi connectivity index (χ1v) is 9.67. The number of hydrogen-bond donors (Lipinski definition) is 1. The smallest absolute Gasteiger partial charge is 0.239 e. The Hall–Kier alpha value is -2.49. The number of amides is 1. The molecule has 1 N–H and O–H groups in total. The van der Waals surface area contributed by atoms with E-state index in [2.05, 4.69) is 30.6 Å².